The summed E-state index contributed by atoms with van der Waals surface area (Å²) in [7, 11) is -2.76. The molecule has 0 spiro atoms. The molecule has 3 atom stereocenters. The van der Waals surface area contributed by atoms with Gasteiger partial charge in [-0.2, -0.15) is 0 Å². The zero-order valence-electron chi connectivity index (χ0n) is 17.2. The van der Waals surface area contributed by atoms with Gasteiger partial charge in [-0.25, -0.2) is 0 Å². The summed E-state index contributed by atoms with van der Waals surface area (Å²) < 4.78 is 12.3. The van der Waals surface area contributed by atoms with Crippen LogP contribution in [0, 0.1) is 11.3 Å². The van der Waals surface area contributed by atoms with Crippen LogP contribution in [-0.2, 0) is 14.0 Å². The van der Waals surface area contributed by atoms with E-state index in [0.717, 1.165) is 0 Å². The summed E-state index contributed by atoms with van der Waals surface area (Å²) in [6.45, 7) is 7.07. The second-order valence-corrected chi connectivity index (χ2v) is 13.4. The van der Waals surface area contributed by atoms with Crippen LogP contribution >= 0.6 is 0 Å². The molecule has 0 unspecified atom stereocenters. The van der Waals surface area contributed by atoms with E-state index in [1.165, 1.54) is 10.4 Å². The van der Waals surface area contributed by atoms with E-state index in [1.54, 1.807) is 12.2 Å². The van der Waals surface area contributed by atoms with Crippen LogP contribution in [0.2, 0.25) is 5.04 Å². The topological polar surface area (TPSA) is 55.8 Å². The Morgan fingerprint density at radius 1 is 1.07 bits per heavy atom. The molecule has 1 saturated heterocycles. The van der Waals surface area contributed by atoms with Crippen LogP contribution in [0.3, 0.4) is 0 Å². The average Bonchev–Trinajstić information content (AvgIpc) is 3.21. The van der Waals surface area contributed by atoms with Crippen molar-refractivity contribution in [1.82, 2.24) is 0 Å². The summed E-state index contributed by atoms with van der Waals surface area (Å²) >= 11 is 0. The number of carbonyl (C=O) groups excluding carboxylic acids is 1. The fourth-order valence-corrected chi connectivity index (χ4v) is 9.41. The van der Waals surface area contributed by atoms with Crippen LogP contribution in [-0.4, -0.2) is 38.7 Å². The van der Waals surface area contributed by atoms with Crippen molar-refractivity contribution in [2.45, 2.75) is 31.9 Å². The van der Waals surface area contributed by atoms with Gasteiger partial charge >= 0.3 is 5.97 Å². The molecule has 0 radical (unpaired) electrons. The third kappa shape index (κ3) is 3.08. The van der Waals surface area contributed by atoms with Crippen molar-refractivity contribution in [3.05, 3.63) is 72.8 Å². The predicted molar refractivity (Wildman–Crippen MR) is 116 cm³/mol. The zero-order chi connectivity index (χ0) is 20.7. The molecule has 0 saturated carbocycles. The SMILES string of the molecule is CC(C)(C)[Si](OC[C@@]12C=C[C@H](O)[C@@H]1COC2=O)(c1ccccc1)c1ccccc1. The minimum absolute atomic E-state index is 0.175. The largest absolute Gasteiger partial charge is 0.464 e. The maximum Gasteiger partial charge on any atom is 0.318 e. The maximum atomic E-state index is 12.7. The third-order valence-electron chi connectivity index (χ3n) is 6.38. The van der Waals surface area contributed by atoms with Gasteiger partial charge in [-0.3, -0.25) is 4.79 Å². The van der Waals surface area contributed by atoms with Crippen LogP contribution in [0.5, 0.6) is 0 Å². The summed E-state index contributed by atoms with van der Waals surface area (Å²) in [5.74, 6) is -0.582. The second kappa shape index (κ2) is 7.24. The van der Waals surface area contributed by atoms with Gasteiger partial charge in [0.1, 0.15) is 5.41 Å². The summed E-state index contributed by atoms with van der Waals surface area (Å²) in [6.07, 6.45) is 2.83. The van der Waals surface area contributed by atoms with Gasteiger partial charge in [0.2, 0.25) is 0 Å². The van der Waals surface area contributed by atoms with Crippen LogP contribution < -0.4 is 10.4 Å². The van der Waals surface area contributed by atoms with Gasteiger partial charge in [0.15, 0.2) is 0 Å². The molecule has 1 aliphatic carbocycles. The van der Waals surface area contributed by atoms with E-state index in [-0.39, 0.29) is 30.1 Å². The first-order valence-electron chi connectivity index (χ1n) is 10.1. The van der Waals surface area contributed by atoms with Gasteiger partial charge in [-0.15, -0.1) is 0 Å². The highest BCUT2D eigenvalue weighted by molar-refractivity contribution is 6.99. The highest BCUT2D eigenvalue weighted by atomic mass is 28.4. The van der Waals surface area contributed by atoms with E-state index in [0.29, 0.717) is 0 Å². The predicted octanol–water partition coefficient (Wildman–Crippen LogP) is 2.65. The number of fused-ring (bicyclic) bond motifs is 1. The fraction of sp³-hybridized carbons (Fsp3) is 0.375. The number of benzene rings is 2. The molecular weight excluding hydrogens is 380 g/mol. The van der Waals surface area contributed by atoms with Crippen molar-refractivity contribution in [3.8, 4) is 0 Å². The molecule has 4 rings (SSSR count). The molecule has 0 aromatic heterocycles. The molecular formula is C24H28O4Si. The lowest BCUT2D eigenvalue weighted by Gasteiger charge is -2.44. The summed E-state index contributed by atoms with van der Waals surface area (Å²) in [4.78, 5) is 12.7. The number of hydrogen-bond donors (Lipinski definition) is 1. The standard InChI is InChI=1S/C24H28O4Si/c1-23(2,3)29(18-10-6-4-7-11-18,19-12-8-5-9-13-19)28-17-24-15-14-21(25)20(24)16-27-22(24)26/h4-15,20-21,25H,16-17H2,1-3H3/t20-,21-,24-/m0/s1. The lowest BCUT2D eigenvalue weighted by atomic mass is 9.80. The smallest absolute Gasteiger partial charge is 0.318 e. The van der Waals surface area contributed by atoms with Gasteiger partial charge in [-0.05, 0) is 15.4 Å². The Morgan fingerprint density at radius 3 is 2.14 bits per heavy atom. The highest BCUT2D eigenvalue weighted by Gasteiger charge is 2.59. The second-order valence-electron chi connectivity index (χ2n) is 9.05. The van der Waals surface area contributed by atoms with Crippen LogP contribution in [0.4, 0.5) is 0 Å². The van der Waals surface area contributed by atoms with E-state index >= 15 is 0 Å². The van der Waals surface area contributed by atoms with Gasteiger partial charge < -0.3 is 14.3 Å². The lowest BCUT2D eigenvalue weighted by molar-refractivity contribution is -0.145. The number of aliphatic hydroxyl groups excluding tert-OH is 1. The molecule has 2 aromatic carbocycles. The quantitative estimate of drug-likeness (QED) is 0.470. The molecule has 29 heavy (non-hydrogen) atoms. The van der Waals surface area contributed by atoms with Gasteiger partial charge in [0.25, 0.3) is 8.32 Å². The number of aliphatic hydroxyl groups is 1. The first-order valence-corrected chi connectivity index (χ1v) is 12.0. The molecule has 2 aliphatic rings. The Labute approximate surface area is 173 Å². The van der Waals surface area contributed by atoms with Crippen molar-refractivity contribution < 1.29 is 19.1 Å². The Bertz CT molecular complexity index is 864. The number of carbonyl (C=O) groups is 1. The maximum absolute atomic E-state index is 12.7. The van der Waals surface area contributed by atoms with Crippen molar-refractivity contribution in [1.29, 1.82) is 0 Å². The summed E-state index contributed by atoms with van der Waals surface area (Å²) in [5.41, 5.74) is -0.910. The summed E-state index contributed by atoms with van der Waals surface area (Å²) in [6, 6.07) is 20.7. The minimum atomic E-state index is -2.76. The van der Waals surface area contributed by atoms with Gasteiger partial charge in [0.05, 0.1) is 19.3 Å². The molecule has 0 amide bonds. The minimum Gasteiger partial charge on any atom is -0.464 e. The Morgan fingerprint density at radius 2 is 1.62 bits per heavy atom. The zero-order valence-corrected chi connectivity index (χ0v) is 18.2. The van der Waals surface area contributed by atoms with Crippen molar-refractivity contribution in [2.75, 3.05) is 13.2 Å². The molecule has 1 fully saturated rings. The van der Waals surface area contributed by atoms with Crippen molar-refractivity contribution >= 4 is 24.7 Å². The van der Waals surface area contributed by atoms with Crippen LogP contribution in [0.25, 0.3) is 0 Å². The molecule has 152 valence electrons. The molecule has 1 heterocycles. The molecule has 0 bridgehead atoms. The van der Waals surface area contributed by atoms with E-state index in [4.69, 9.17) is 9.16 Å². The Kier molecular flexibility index (Phi) is 5.01. The van der Waals surface area contributed by atoms with Gasteiger partial charge in [0, 0.05) is 5.92 Å². The number of ether oxygens (including phenoxy) is 1. The Balaban J connectivity index is 1.82. The molecule has 1 aliphatic heterocycles. The molecule has 2 aromatic rings. The number of cyclic esters (lactones) is 1. The monoisotopic (exact) mass is 408 g/mol. The lowest BCUT2D eigenvalue weighted by Crippen LogP contribution is -2.67. The number of esters is 1. The van der Waals surface area contributed by atoms with Crippen LogP contribution in [0.1, 0.15) is 20.8 Å². The van der Waals surface area contributed by atoms with Crippen LogP contribution in [0.15, 0.2) is 72.8 Å². The van der Waals surface area contributed by atoms with E-state index < -0.39 is 19.8 Å². The summed E-state index contributed by atoms with van der Waals surface area (Å²) in [5, 5.41) is 12.5. The molecule has 4 nitrogen and oxygen atoms in total. The van der Waals surface area contributed by atoms with E-state index in [9.17, 15) is 9.90 Å². The molecule has 5 heteroatoms. The first-order chi connectivity index (χ1) is 13.8. The highest BCUT2D eigenvalue weighted by Crippen LogP contribution is 2.46. The average molecular weight is 409 g/mol. The third-order valence-corrected chi connectivity index (χ3v) is 11.4. The van der Waals surface area contributed by atoms with Crippen molar-refractivity contribution in [2.24, 2.45) is 11.3 Å². The van der Waals surface area contributed by atoms with Gasteiger partial charge in [-0.1, -0.05) is 93.6 Å². The van der Waals surface area contributed by atoms with Crippen molar-refractivity contribution in [3.63, 3.8) is 0 Å². The fourth-order valence-electron chi connectivity index (χ4n) is 4.80. The Hall–Kier alpha value is -2.21. The van der Waals surface area contributed by atoms with E-state index in [1.807, 2.05) is 36.4 Å². The molecule has 1 N–H and O–H groups in total. The normalized spacial score (nSPS) is 26.4. The van der Waals surface area contributed by atoms with E-state index in [2.05, 4.69) is 45.0 Å². The number of rotatable bonds is 5. The first kappa shape index (κ1) is 20.1. The number of hydrogen-bond acceptors (Lipinski definition) is 4.